The second kappa shape index (κ2) is 8.22. The van der Waals surface area contributed by atoms with Gasteiger partial charge in [0, 0.05) is 18.1 Å². The van der Waals surface area contributed by atoms with Gasteiger partial charge < -0.3 is 5.32 Å². The number of nitrogens with one attached hydrogen (secondary N) is 1. The van der Waals surface area contributed by atoms with Crippen molar-refractivity contribution in [1.29, 1.82) is 0 Å². The predicted molar refractivity (Wildman–Crippen MR) is 106 cm³/mol. The second-order valence-electron chi connectivity index (χ2n) is 6.16. The molecule has 3 rings (SSSR count). The third-order valence-electron chi connectivity index (χ3n) is 4.40. The maximum Gasteiger partial charge on any atom is 0.331 e. The number of nitrogens with zero attached hydrogens (tertiary/aromatic N) is 2. The van der Waals surface area contributed by atoms with Gasteiger partial charge in [0.25, 0.3) is 5.56 Å². The number of aromatic nitrogens is 2. The van der Waals surface area contributed by atoms with E-state index in [1.54, 1.807) is 43.3 Å². The maximum atomic E-state index is 12.6. The van der Waals surface area contributed by atoms with Gasteiger partial charge in [-0.1, -0.05) is 35.9 Å². The van der Waals surface area contributed by atoms with Gasteiger partial charge in [0.1, 0.15) is 6.54 Å². The molecular formula is C20H20ClN3O3. The van der Waals surface area contributed by atoms with Gasteiger partial charge in [-0.15, -0.1) is 0 Å². The number of carbonyl (C=O) groups excluding carboxylic acids is 1. The Kier molecular flexibility index (Phi) is 5.76. The van der Waals surface area contributed by atoms with E-state index in [1.165, 1.54) is 4.57 Å². The molecule has 1 aromatic heterocycles. The van der Waals surface area contributed by atoms with Crippen molar-refractivity contribution in [2.75, 3.05) is 6.54 Å². The molecule has 0 aliphatic carbocycles. The highest BCUT2D eigenvalue weighted by Gasteiger charge is 2.14. The van der Waals surface area contributed by atoms with E-state index in [9.17, 15) is 14.4 Å². The van der Waals surface area contributed by atoms with Crippen LogP contribution >= 0.6 is 11.6 Å². The molecule has 0 fully saturated rings. The van der Waals surface area contributed by atoms with Gasteiger partial charge in [-0.25, -0.2) is 4.79 Å². The first-order chi connectivity index (χ1) is 13.0. The number of para-hydroxylation sites is 1. The average Bonchev–Trinajstić information content (AvgIpc) is 2.67. The Labute approximate surface area is 161 Å². The summed E-state index contributed by atoms with van der Waals surface area (Å²) in [4.78, 5) is 37.4. The fourth-order valence-corrected chi connectivity index (χ4v) is 3.13. The van der Waals surface area contributed by atoms with Gasteiger partial charge >= 0.3 is 5.69 Å². The molecule has 7 heteroatoms. The normalized spacial score (nSPS) is 10.9. The lowest BCUT2D eigenvalue weighted by Crippen LogP contribution is -2.42. The van der Waals surface area contributed by atoms with Crippen LogP contribution in [-0.4, -0.2) is 21.6 Å². The first-order valence-corrected chi connectivity index (χ1v) is 9.12. The monoisotopic (exact) mass is 385 g/mol. The summed E-state index contributed by atoms with van der Waals surface area (Å²) in [6.45, 7) is 2.29. The van der Waals surface area contributed by atoms with E-state index in [-0.39, 0.29) is 24.6 Å². The summed E-state index contributed by atoms with van der Waals surface area (Å²) in [5.74, 6) is -0.280. The van der Waals surface area contributed by atoms with Gasteiger partial charge in [-0.3, -0.25) is 18.7 Å². The number of hydrogen-bond donors (Lipinski definition) is 1. The van der Waals surface area contributed by atoms with Crippen LogP contribution in [-0.2, 0) is 24.3 Å². The summed E-state index contributed by atoms with van der Waals surface area (Å²) < 4.78 is 2.49. The van der Waals surface area contributed by atoms with E-state index in [2.05, 4.69) is 5.32 Å². The average molecular weight is 386 g/mol. The lowest BCUT2D eigenvalue weighted by molar-refractivity contribution is -0.121. The van der Waals surface area contributed by atoms with Crippen molar-refractivity contribution in [2.45, 2.75) is 26.4 Å². The third kappa shape index (κ3) is 4.11. The first-order valence-electron chi connectivity index (χ1n) is 8.74. The van der Waals surface area contributed by atoms with Crippen molar-refractivity contribution < 1.29 is 4.79 Å². The predicted octanol–water partition coefficient (Wildman–Crippen LogP) is 2.20. The topological polar surface area (TPSA) is 73.1 Å². The van der Waals surface area contributed by atoms with E-state index in [4.69, 9.17) is 11.6 Å². The number of amides is 1. The van der Waals surface area contributed by atoms with Crippen LogP contribution in [0.3, 0.4) is 0 Å². The lowest BCUT2D eigenvalue weighted by Gasteiger charge is -2.13. The molecule has 1 amide bonds. The summed E-state index contributed by atoms with van der Waals surface area (Å²) in [5, 5.41) is 3.91. The first kappa shape index (κ1) is 18.9. The Bertz CT molecular complexity index is 1080. The highest BCUT2D eigenvalue weighted by Crippen LogP contribution is 2.10. The van der Waals surface area contributed by atoms with Gasteiger partial charge in [-0.2, -0.15) is 0 Å². The molecule has 6 nitrogen and oxygen atoms in total. The quantitative estimate of drug-likeness (QED) is 0.707. The molecule has 140 valence electrons. The van der Waals surface area contributed by atoms with Crippen molar-refractivity contribution in [3.8, 4) is 0 Å². The fourth-order valence-electron chi connectivity index (χ4n) is 3.00. The molecule has 0 unspecified atom stereocenters. The molecule has 0 saturated heterocycles. The minimum absolute atomic E-state index is 0.139. The van der Waals surface area contributed by atoms with Crippen LogP contribution < -0.4 is 16.6 Å². The Morgan fingerprint density at radius 1 is 1.04 bits per heavy atom. The molecule has 0 bridgehead atoms. The molecule has 0 atom stereocenters. The van der Waals surface area contributed by atoms with Crippen LogP contribution in [0.25, 0.3) is 10.9 Å². The van der Waals surface area contributed by atoms with Crippen LogP contribution in [0.5, 0.6) is 0 Å². The van der Waals surface area contributed by atoms with Gasteiger partial charge in [0.05, 0.1) is 10.9 Å². The molecular weight excluding hydrogens is 366 g/mol. The Morgan fingerprint density at radius 3 is 2.44 bits per heavy atom. The fraction of sp³-hybridized carbons (Fsp3) is 0.250. The van der Waals surface area contributed by atoms with Gasteiger partial charge in [0.2, 0.25) is 5.91 Å². The summed E-state index contributed by atoms with van der Waals surface area (Å²) in [6, 6.07) is 14.2. The molecule has 0 saturated carbocycles. The SMILES string of the molecule is CCn1c(=O)c2ccccc2n(CC(=O)NCCc2ccc(Cl)cc2)c1=O. The van der Waals surface area contributed by atoms with Gasteiger partial charge in [0.15, 0.2) is 0 Å². The summed E-state index contributed by atoms with van der Waals surface area (Å²) in [5.41, 5.74) is 0.707. The summed E-state index contributed by atoms with van der Waals surface area (Å²) in [7, 11) is 0. The standard InChI is InChI=1S/C20H20ClN3O3/c1-2-23-19(26)16-5-3-4-6-17(16)24(20(23)27)13-18(25)22-12-11-14-7-9-15(21)10-8-14/h3-10H,2,11-13H2,1H3,(H,22,25). The molecule has 0 aliphatic heterocycles. The zero-order valence-corrected chi connectivity index (χ0v) is 15.7. The molecule has 1 heterocycles. The minimum atomic E-state index is -0.478. The maximum absolute atomic E-state index is 12.6. The third-order valence-corrected chi connectivity index (χ3v) is 4.65. The molecule has 27 heavy (non-hydrogen) atoms. The Balaban J connectivity index is 1.77. The van der Waals surface area contributed by atoms with Crippen molar-refractivity contribution in [2.24, 2.45) is 0 Å². The zero-order valence-electron chi connectivity index (χ0n) is 14.9. The lowest BCUT2D eigenvalue weighted by atomic mass is 10.1. The van der Waals surface area contributed by atoms with E-state index >= 15 is 0 Å². The molecule has 3 aromatic rings. The smallest absolute Gasteiger partial charge is 0.331 e. The molecule has 1 N–H and O–H groups in total. The number of halogens is 1. The number of rotatable bonds is 6. The van der Waals surface area contributed by atoms with E-state index in [1.807, 2.05) is 12.1 Å². The zero-order chi connectivity index (χ0) is 19.4. The number of benzene rings is 2. The van der Waals surface area contributed by atoms with E-state index in [0.717, 1.165) is 10.1 Å². The van der Waals surface area contributed by atoms with Crippen molar-refractivity contribution >= 4 is 28.4 Å². The van der Waals surface area contributed by atoms with E-state index < -0.39 is 5.69 Å². The van der Waals surface area contributed by atoms with Crippen LogP contribution in [0.15, 0.2) is 58.1 Å². The molecule has 0 aliphatic rings. The highest BCUT2D eigenvalue weighted by molar-refractivity contribution is 6.30. The Hall–Kier alpha value is -2.86. The largest absolute Gasteiger partial charge is 0.354 e. The van der Waals surface area contributed by atoms with Crippen molar-refractivity contribution in [3.05, 3.63) is 80.0 Å². The van der Waals surface area contributed by atoms with Crippen LogP contribution in [0.2, 0.25) is 5.02 Å². The number of carbonyl (C=O) groups is 1. The molecule has 0 radical (unpaired) electrons. The van der Waals surface area contributed by atoms with Crippen molar-refractivity contribution in [1.82, 2.24) is 14.5 Å². The van der Waals surface area contributed by atoms with Crippen molar-refractivity contribution in [3.63, 3.8) is 0 Å². The van der Waals surface area contributed by atoms with Crippen LogP contribution in [0, 0.1) is 0 Å². The molecule has 0 spiro atoms. The van der Waals surface area contributed by atoms with E-state index in [0.29, 0.717) is 28.9 Å². The summed E-state index contributed by atoms with van der Waals surface area (Å²) >= 11 is 5.86. The summed E-state index contributed by atoms with van der Waals surface area (Å²) in [6.07, 6.45) is 0.660. The minimum Gasteiger partial charge on any atom is -0.354 e. The number of hydrogen-bond acceptors (Lipinski definition) is 3. The second-order valence-corrected chi connectivity index (χ2v) is 6.60. The van der Waals surface area contributed by atoms with Crippen LogP contribution in [0.4, 0.5) is 0 Å². The Morgan fingerprint density at radius 2 is 1.74 bits per heavy atom. The number of fused-ring (bicyclic) bond motifs is 1. The van der Waals surface area contributed by atoms with Crippen LogP contribution in [0.1, 0.15) is 12.5 Å². The van der Waals surface area contributed by atoms with Gasteiger partial charge in [-0.05, 0) is 43.2 Å². The molecule has 2 aromatic carbocycles. The highest BCUT2D eigenvalue weighted by atomic mass is 35.5.